The number of sulfonamides is 1. The maximum atomic E-state index is 12.4. The molecule has 0 aliphatic heterocycles. The lowest BCUT2D eigenvalue weighted by atomic mass is 10.1. The monoisotopic (exact) mass is 286 g/mol. The van der Waals surface area contributed by atoms with Gasteiger partial charge in [-0.25, -0.2) is 8.42 Å². The quantitative estimate of drug-likeness (QED) is 0.614. The predicted molar refractivity (Wildman–Crippen MR) is 72.3 cm³/mol. The molecule has 7 heteroatoms. The number of hydrogen-bond donors (Lipinski definition) is 0. The van der Waals surface area contributed by atoms with Gasteiger partial charge in [-0.3, -0.25) is 10.1 Å². The van der Waals surface area contributed by atoms with E-state index in [9.17, 15) is 18.5 Å². The van der Waals surface area contributed by atoms with Crippen molar-refractivity contribution in [1.82, 2.24) is 4.31 Å². The summed E-state index contributed by atoms with van der Waals surface area (Å²) in [6.07, 6.45) is 0. The number of nitro benzene ring substituents is 1. The van der Waals surface area contributed by atoms with Crippen molar-refractivity contribution in [1.29, 1.82) is 0 Å². The number of benzene rings is 1. The van der Waals surface area contributed by atoms with Crippen molar-refractivity contribution in [2.75, 3.05) is 7.05 Å². The van der Waals surface area contributed by atoms with Crippen LogP contribution in [-0.2, 0) is 10.0 Å². The van der Waals surface area contributed by atoms with E-state index in [0.29, 0.717) is 0 Å². The second-order valence-corrected chi connectivity index (χ2v) is 6.70. The molecule has 0 radical (unpaired) electrons. The van der Waals surface area contributed by atoms with Gasteiger partial charge in [-0.15, -0.1) is 0 Å². The summed E-state index contributed by atoms with van der Waals surface area (Å²) in [6, 6.07) is 5.14. The van der Waals surface area contributed by atoms with Gasteiger partial charge in [0.1, 0.15) is 0 Å². The Morgan fingerprint density at radius 1 is 1.21 bits per heavy atom. The lowest BCUT2D eigenvalue weighted by Gasteiger charge is -2.26. The highest BCUT2D eigenvalue weighted by atomic mass is 32.2. The van der Waals surface area contributed by atoms with E-state index in [-0.39, 0.29) is 16.9 Å². The molecule has 1 aromatic rings. The fourth-order valence-corrected chi connectivity index (χ4v) is 3.27. The summed E-state index contributed by atoms with van der Waals surface area (Å²) >= 11 is 0. The van der Waals surface area contributed by atoms with Crippen LogP contribution in [0.3, 0.4) is 0 Å². The second kappa shape index (κ2) is 5.66. The smallest absolute Gasteiger partial charge is 0.258 e. The fraction of sp³-hybridized carbons (Fsp3) is 0.500. The van der Waals surface area contributed by atoms with Crippen LogP contribution in [-0.4, -0.2) is 30.7 Å². The lowest BCUT2D eigenvalue weighted by Crippen LogP contribution is -2.38. The zero-order valence-corrected chi connectivity index (χ0v) is 12.2. The van der Waals surface area contributed by atoms with Crippen molar-refractivity contribution in [2.45, 2.75) is 31.7 Å². The summed E-state index contributed by atoms with van der Waals surface area (Å²) in [7, 11) is -2.43. The van der Waals surface area contributed by atoms with Crippen molar-refractivity contribution in [3.8, 4) is 0 Å². The normalized spacial score (nSPS) is 13.8. The first-order valence-electron chi connectivity index (χ1n) is 5.91. The Labute approximate surface area is 113 Å². The van der Waals surface area contributed by atoms with E-state index < -0.39 is 20.6 Å². The van der Waals surface area contributed by atoms with Crippen molar-refractivity contribution in [2.24, 2.45) is 5.92 Å². The maximum Gasteiger partial charge on any atom is 0.289 e. The van der Waals surface area contributed by atoms with E-state index in [1.165, 1.54) is 35.6 Å². The fourth-order valence-electron chi connectivity index (χ4n) is 1.62. The van der Waals surface area contributed by atoms with Crippen LogP contribution in [0.1, 0.15) is 20.8 Å². The van der Waals surface area contributed by atoms with Crippen molar-refractivity contribution in [3.05, 3.63) is 34.4 Å². The zero-order valence-electron chi connectivity index (χ0n) is 11.4. The van der Waals surface area contributed by atoms with Crippen LogP contribution in [0.15, 0.2) is 29.2 Å². The van der Waals surface area contributed by atoms with E-state index in [1.54, 1.807) is 6.92 Å². The van der Waals surface area contributed by atoms with Crippen LogP contribution in [0.5, 0.6) is 0 Å². The minimum atomic E-state index is -3.87. The standard InChI is InChI=1S/C12H18N2O4S/c1-9(2)10(3)13(4)19(17,18)12-8-6-5-7-11(12)14(15)16/h5-10H,1-4H3. The third kappa shape index (κ3) is 3.10. The summed E-state index contributed by atoms with van der Waals surface area (Å²) in [5, 5.41) is 10.9. The molecule has 1 rings (SSSR count). The van der Waals surface area contributed by atoms with Crippen LogP contribution in [0.25, 0.3) is 0 Å². The third-order valence-corrected chi connectivity index (χ3v) is 5.25. The van der Waals surface area contributed by atoms with Gasteiger partial charge in [0.25, 0.3) is 5.69 Å². The number of hydrogen-bond acceptors (Lipinski definition) is 4. The van der Waals surface area contributed by atoms with Gasteiger partial charge in [0.15, 0.2) is 4.90 Å². The summed E-state index contributed by atoms with van der Waals surface area (Å²) in [6.45, 7) is 5.57. The molecular weight excluding hydrogens is 268 g/mol. The average Bonchev–Trinajstić information content (AvgIpc) is 2.36. The summed E-state index contributed by atoms with van der Waals surface area (Å²) in [4.78, 5) is 9.97. The molecule has 0 saturated carbocycles. The van der Waals surface area contributed by atoms with Crippen LogP contribution < -0.4 is 0 Å². The molecule has 0 spiro atoms. The van der Waals surface area contributed by atoms with Crippen LogP contribution >= 0.6 is 0 Å². The number of nitrogens with zero attached hydrogens (tertiary/aromatic N) is 2. The molecule has 0 amide bonds. The molecule has 0 aliphatic rings. The summed E-state index contributed by atoms with van der Waals surface area (Å²) in [5.74, 6) is 0.113. The predicted octanol–water partition coefficient (Wildman–Crippen LogP) is 2.26. The van der Waals surface area contributed by atoms with Gasteiger partial charge in [-0.1, -0.05) is 26.0 Å². The SMILES string of the molecule is CC(C)C(C)N(C)S(=O)(=O)c1ccccc1[N+](=O)[O-]. The first-order chi connectivity index (χ1) is 8.69. The average molecular weight is 286 g/mol. The highest BCUT2D eigenvalue weighted by molar-refractivity contribution is 7.89. The first kappa shape index (κ1) is 15.6. The minimum Gasteiger partial charge on any atom is -0.258 e. The Morgan fingerprint density at radius 3 is 2.21 bits per heavy atom. The summed E-state index contributed by atoms with van der Waals surface area (Å²) in [5.41, 5.74) is -0.398. The molecule has 106 valence electrons. The van der Waals surface area contributed by atoms with Gasteiger partial charge in [-0.05, 0) is 18.9 Å². The molecule has 19 heavy (non-hydrogen) atoms. The van der Waals surface area contributed by atoms with Gasteiger partial charge in [0, 0.05) is 19.2 Å². The molecule has 0 bridgehead atoms. The van der Waals surface area contributed by atoms with Crippen molar-refractivity contribution >= 4 is 15.7 Å². The minimum absolute atomic E-state index is 0.113. The van der Waals surface area contributed by atoms with Gasteiger partial charge in [-0.2, -0.15) is 4.31 Å². The number of nitro groups is 1. The van der Waals surface area contributed by atoms with Crippen LogP contribution in [0, 0.1) is 16.0 Å². The Morgan fingerprint density at radius 2 is 1.74 bits per heavy atom. The van der Waals surface area contributed by atoms with Gasteiger partial charge < -0.3 is 0 Å². The molecule has 0 aliphatic carbocycles. The molecule has 0 saturated heterocycles. The Kier molecular flexibility index (Phi) is 4.65. The Balaban J connectivity index is 3.32. The van der Waals surface area contributed by atoms with Gasteiger partial charge in [0.05, 0.1) is 4.92 Å². The molecule has 0 heterocycles. The Hall–Kier alpha value is -1.47. The summed E-state index contributed by atoms with van der Waals surface area (Å²) < 4.78 is 26.0. The van der Waals surface area contributed by atoms with Crippen molar-refractivity contribution in [3.63, 3.8) is 0 Å². The first-order valence-corrected chi connectivity index (χ1v) is 7.35. The maximum absolute atomic E-state index is 12.4. The molecule has 0 aromatic heterocycles. The van der Waals surface area contributed by atoms with Crippen LogP contribution in [0.4, 0.5) is 5.69 Å². The topological polar surface area (TPSA) is 80.5 Å². The molecule has 1 atom stereocenters. The molecular formula is C12H18N2O4S. The van der Waals surface area contributed by atoms with Crippen LogP contribution in [0.2, 0.25) is 0 Å². The number of rotatable bonds is 5. The van der Waals surface area contributed by atoms with Gasteiger partial charge >= 0.3 is 0 Å². The molecule has 1 unspecified atom stereocenters. The third-order valence-electron chi connectivity index (χ3n) is 3.26. The highest BCUT2D eigenvalue weighted by Crippen LogP contribution is 2.27. The molecule has 0 fully saturated rings. The largest absolute Gasteiger partial charge is 0.289 e. The molecule has 0 N–H and O–H groups in total. The number of para-hydroxylation sites is 1. The van der Waals surface area contributed by atoms with Crippen molar-refractivity contribution < 1.29 is 13.3 Å². The van der Waals surface area contributed by atoms with E-state index in [2.05, 4.69) is 0 Å². The van der Waals surface area contributed by atoms with E-state index in [0.717, 1.165) is 0 Å². The zero-order chi connectivity index (χ0) is 14.8. The van der Waals surface area contributed by atoms with E-state index in [1.807, 2.05) is 13.8 Å². The van der Waals surface area contributed by atoms with E-state index in [4.69, 9.17) is 0 Å². The van der Waals surface area contributed by atoms with E-state index >= 15 is 0 Å². The second-order valence-electron chi connectivity index (χ2n) is 4.73. The molecule has 1 aromatic carbocycles. The highest BCUT2D eigenvalue weighted by Gasteiger charge is 2.32. The lowest BCUT2D eigenvalue weighted by molar-refractivity contribution is -0.387. The van der Waals surface area contributed by atoms with Gasteiger partial charge in [0.2, 0.25) is 10.0 Å². The molecule has 6 nitrogen and oxygen atoms in total. The Bertz CT molecular complexity index is 569.